The molecule has 0 saturated heterocycles. The third kappa shape index (κ3) is 1.89. The van der Waals surface area contributed by atoms with E-state index in [-0.39, 0.29) is 0 Å². The second-order valence-electron chi connectivity index (χ2n) is 4.08. The molecule has 17 heavy (non-hydrogen) atoms. The number of pyridine rings is 2. The van der Waals surface area contributed by atoms with Crippen LogP contribution in [0.4, 0.5) is 0 Å². The Balaban J connectivity index is 2.18. The number of benzene rings is 1. The Morgan fingerprint density at radius 1 is 0.824 bits per heavy atom. The van der Waals surface area contributed by atoms with Gasteiger partial charge in [-0.1, -0.05) is 30.3 Å². The van der Waals surface area contributed by atoms with Crippen molar-refractivity contribution in [2.45, 2.75) is 6.92 Å². The summed E-state index contributed by atoms with van der Waals surface area (Å²) in [4.78, 5) is 8.94. The lowest BCUT2D eigenvalue weighted by Crippen LogP contribution is -1.89. The average Bonchev–Trinajstić information content (AvgIpc) is 2.38. The molecule has 2 heterocycles. The molecule has 0 fully saturated rings. The highest BCUT2D eigenvalue weighted by molar-refractivity contribution is 5.84. The Bertz CT molecular complexity index is 674. The molecule has 0 saturated carbocycles. The minimum absolute atomic E-state index is 0.924. The topological polar surface area (TPSA) is 25.8 Å². The van der Waals surface area contributed by atoms with E-state index in [1.54, 1.807) is 0 Å². The monoisotopic (exact) mass is 220 g/mol. The van der Waals surface area contributed by atoms with Gasteiger partial charge < -0.3 is 0 Å². The molecule has 2 aromatic heterocycles. The summed E-state index contributed by atoms with van der Waals surface area (Å²) >= 11 is 0. The van der Waals surface area contributed by atoms with Crippen molar-refractivity contribution in [3.05, 3.63) is 60.4 Å². The van der Waals surface area contributed by atoms with Crippen molar-refractivity contribution in [2.24, 2.45) is 0 Å². The zero-order valence-corrected chi connectivity index (χ0v) is 9.59. The Morgan fingerprint density at radius 2 is 1.65 bits per heavy atom. The largest absolute Gasteiger partial charge is 0.254 e. The van der Waals surface area contributed by atoms with Gasteiger partial charge in [0.2, 0.25) is 0 Å². The van der Waals surface area contributed by atoms with Crippen LogP contribution in [-0.4, -0.2) is 9.97 Å². The number of rotatable bonds is 1. The van der Waals surface area contributed by atoms with E-state index in [1.807, 2.05) is 43.5 Å². The maximum Gasteiger partial charge on any atom is 0.0892 e. The molecule has 0 aliphatic carbocycles. The molecule has 0 radical (unpaired) electrons. The SMILES string of the molecule is Cc1cccc(-c2cc3ccccc3cn2)n1. The van der Waals surface area contributed by atoms with Crippen molar-refractivity contribution in [3.63, 3.8) is 0 Å². The second-order valence-corrected chi connectivity index (χ2v) is 4.08. The maximum absolute atomic E-state index is 4.49. The first-order valence-corrected chi connectivity index (χ1v) is 5.62. The molecule has 3 aromatic rings. The predicted molar refractivity (Wildman–Crippen MR) is 69.7 cm³/mol. The third-order valence-electron chi connectivity index (χ3n) is 2.78. The smallest absolute Gasteiger partial charge is 0.0892 e. The van der Waals surface area contributed by atoms with Crippen LogP contribution in [0.1, 0.15) is 5.69 Å². The summed E-state index contributed by atoms with van der Waals surface area (Å²) in [6.45, 7) is 1.99. The number of hydrogen-bond acceptors (Lipinski definition) is 2. The van der Waals surface area contributed by atoms with Gasteiger partial charge in [0.05, 0.1) is 11.4 Å². The number of fused-ring (bicyclic) bond motifs is 1. The van der Waals surface area contributed by atoms with Crippen LogP contribution in [0.5, 0.6) is 0 Å². The molecule has 1 aromatic carbocycles. The van der Waals surface area contributed by atoms with Gasteiger partial charge in [-0.15, -0.1) is 0 Å². The summed E-state index contributed by atoms with van der Waals surface area (Å²) in [5.74, 6) is 0. The zero-order chi connectivity index (χ0) is 11.7. The number of aryl methyl sites for hydroxylation is 1. The molecule has 0 amide bonds. The molecule has 0 spiro atoms. The fourth-order valence-corrected chi connectivity index (χ4v) is 1.91. The highest BCUT2D eigenvalue weighted by Gasteiger charge is 2.02. The lowest BCUT2D eigenvalue weighted by molar-refractivity contribution is 1.18. The van der Waals surface area contributed by atoms with Gasteiger partial charge in [0, 0.05) is 17.3 Å². The van der Waals surface area contributed by atoms with Gasteiger partial charge >= 0.3 is 0 Å². The van der Waals surface area contributed by atoms with E-state index < -0.39 is 0 Å². The molecule has 82 valence electrons. The first kappa shape index (κ1) is 9.97. The van der Waals surface area contributed by atoms with Gasteiger partial charge in [-0.3, -0.25) is 9.97 Å². The fourth-order valence-electron chi connectivity index (χ4n) is 1.91. The Labute approximate surface area is 100.0 Å². The first-order valence-electron chi connectivity index (χ1n) is 5.62. The van der Waals surface area contributed by atoms with Crippen LogP contribution in [-0.2, 0) is 0 Å². The molecular formula is C15H12N2. The highest BCUT2D eigenvalue weighted by atomic mass is 14.8. The van der Waals surface area contributed by atoms with E-state index >= 15 is 0 Å². The molecule has 0 N–H and O–H groups in total. The van der Waals surface area contributed by atoms with Gasteiger partial charge in [0.25, 0.3) is 0 Å². The molecular weight excluding hydrogens is 208 g/mol. The van der Waals surface area contributed by atoms with Crippen molar-refractivity contribution < 1.29 is 0 Å². The normalized spacial score (nSPS) is 10.6. The fraction of sp³-hybridized carbons (Fsp3) is 0.0667. The summed E-state index contributed by atoms with van der Waals surface area (Å²) in [5.41, 5.74) is 2.86. The average molecular weight is 220 g/mol. The quantitative estimate of drug-likeness (QED) is 0.626. The van der Waals surface area contributed by atoms with Crippen LogP contribution in [0.15, 0.2) is 54.7 Å². The molecule has 0 bridgehead atoms. The highest BCUT2D eigenvalue weighted by Crippen LogP contribution is 2.20. The number of nitrogens with zero attached hydrogens (tertiary/aromatic N) is 2. The van der Waals surface area contributed by atoms with Gasteiger partial charge in [-0.25, -0.2) is 0 Å². The van der Waals surface area contributed by atoms with E-state index in [4.69, 9.17) is 0 Å². The van der Waals surface area contributed by atoms with E-state index in [1.165, 1.54) is 5.39 Å². The predicted octanol–water partition coefficient (Wildman–Crippen LogP) is 3.61. The maximum atomic E-state index is 4.49. The van der Waals surface area contributed by atoms with Crippen LogP contribution in [0.25, 0.3) is 22.2 Å². The molecule has 2 heteroatoms. The molecule has 0 aliphatic heterocycles. The first-order chi connectivity index (χ1) is 8.33. The van der Waals surface area contributed by atoms with Gasteiger partial charge in [-0.05, 0) is 30.5 Å². The van der Waals surface area contributed by atoms with Crippen molar-refractivity contribution >= 4 is 10.8 Å². The summed E-state index contributed by atoms with van der Waals surface area (Å²) in [5, 5.41) is 2.35. The van der Waals surface area contributed by atoms with Gasteiger partial charge in [0.1, 0.15) is 0 Å². The lowest BCUT2D eigenvalue weighted by atomic mass is 10.1. The summed E-state index contributed by atoms with van der Waals surface area (Å²) < 4.78 is 0. The number of hydrogen-bond donors (Lipinski definition) is 0. The van der Waals surface area contributed by atoms with Crippen molar-refractivity contribution in [1.29, 1.82) is 0 Å². The second kappa shape index (κ2) is 3.98. The van der Waals surface area contributed by atoms with Crippen LogP contribution in [0.3, 0.4) is 0 Å². The summed E-state index contributed by atoms with van der Waals surface area (Å²) in [6.07, 6.45) is 1.90. The van der Waals surface area contributed by atoms with Crippen LogP contribution >= 0.6 is 0 Å². The van der Waals surface area contributed by atoms with Crippen LogP contribution in [0.2, 0.25) is 0 Å². The molecule has 2 nitrogen and oxygen atoms in total. The molecule has 0 atom stereocenters. The Morgan fingerprint density at radius 3 is 2.47 bits per heavy atom. The summed E-state index contributed by atoms with van der Waals surface area (Å²) in [6, 6.07) is 16.3. The van der Waals surface area contributed by atoms with Crippen molar-refractivity contribution in [2.75, 3.05) is 0 Å². The van der Waals surface area contributed by atoms with E-state index in [2.05, 4.69) is 28.2 Å². The summed E-state index contributed by atoms with van der Waals surface area (Å²) in [7, 11) is 0. The van der Waals surface area contributed by atoms with Crippen LogP contribution in [0, 0.1) is 6.92 Å². The van der Waals surface area contributed by atoms with Crippen molar-refractivity contribution in [3.8, 4) is 11.4 Å². The molecule has 0 unspecified atom stereocenters. The van der Waals surface area contributed by atoms with E-state index in [9.17, 15) is 0 Å². The third-order valence-corrected chi connectivity index (χ3v) is 2.78. The Kier molecular flexibility index (Phi) is 2.33. The van der Waals surface area contributed by atoms with Gasteiger partial charge in [-0.2, -0.15) is 0 Å². The lowest BCUT2D eigenvalue weighted by Gasteiger charge is -2.03. The van der Waals surface area contributed by atoms with Crippen molar-refractivity contribution in [1.82, 2.24) is 9.97 Å². The van der Waals surface area contributed by atoms with E-state index in [0.29, 0.717) is 0 Å². The zero-order valence-electron chi connectivity index (χ0n) is 9.59. The van der Waals surface area contributed by atoms with E-state index in [0.717, 1.165) is 22.5 Å². The minimum Gasteiger partial charge on any atom is -0.254 e. The minimum atomic E-state index is 0.924. The standard InChI is InChI=1S/C15H12N2/c1-11-5-4-8-14(17-11)15-9-12-6-2-3-7-13(12)10-16-15/h2-10H,1H3. The molecule has 3 rings (SSSR count). The van der Waals surface area contributed by atoms with Crippen LogP contribution < -0.4 is 0 Å². The number of aromatic nitrogens is 2. The van der Waals surface area contributed by atoms with Gasteiger partial charge in [0.15, 0.2) is 0 Å². The molecule has 0 aliphatic rings. The Hall–Kier alpha value is -2.22.